The van der Waals surface area contributed by atoms with Crippen molar-refractivity contribution in [3.63, 3.8) is 0 Å². The van der Waals surface area contributed by atoms with Crippen LogP contribution < -0.4 is 0 Å². The molecule has 0 nitrogen and oxygen atoms in total. The molecule has 10 heavy (non-hydrogen) atoms. The van der Waals surface area contributed by atoms with Gasteiger partial charge in [-0.2, -0.15) is 0 Å². The molecule has 0 aromatic heterocycles. The average Bonchev–Trinajstić information content (AvgIpc) is 1.87. The summed E-state index contributed by atoms with van der Waals surface area (Å²) in [5, 5.41) is 1.06. The fourth-order valence-corrected chi connectivity index (χ4v) is 2.17. The van der Waals surface area contributed by atoms with Crippen molar-refractivity contribution in [2.45, 2.75) is 13.8 Å². The van der Waals surface area contributed by atoms with Crippen molar-refractivity contribution in [1.29, 1.82) is 0 Å². The lowest BCUT2D eigenvalue weighted by atomic mass is 9.77. The topological polar surface area (TPSA) is 0 Å². The molecule has 0 aliphatic heterocycles. The standard InChI is InChI=1S/C9H13Br/c1-9(2)6-4-3-5-8(9)7-10/h3-6,8H,7H2,1-2H3. The predicted octanol–water partition coefficient (Wildman–Crippen LogP) is 3.15. The first kappa shape index (κ1) is 8.06. The van der Waals surface area contributed by atoms with E-state index in [4.69, 9.17) is 0 Å². The molecule has 0 saturated heterocycles. The lowest BCUT2D eigenvalue weighted by Crippen LogP contribution is -2.22. The van der Waals surface area contributed by atoms with Crippen LogP contribution in [-0.4, -0.2) is 5.33 Å². The quantitative estimate of drug-likeness (QED) is 0.571. The smallest absolute Gasteiger partial charge is 0.0103 e. The minimum Gasteiger partial charge on any atom is -0.0921 e. The van der Waals surface area contributed by atoms with Crippen molar-refractivity contribution in [2.24, 2.45) is 11.3 Å². The van der Waals surface area contributed by atoms with E-state index in [-0.39, 0.29) is 0 Å². The van der Waals surface area contributed by atoms with Crippen LogP contribution in [0.25, 0.3) is 0 Å². The Morgan fingerprint density at radius 3 is 2.50 bits per heavy atom. The minimum absolute atomic E-state index is 0.332. The maximum atomic E-state index is 3.50. The number of rotatable bonds is 1. The number of hydrogen-bond donors (Lipinski definition) is 0. The number of hydrogen-bond acceptors (Lipinski definition) is 0. The van der Waals surface area contributed by atoms with Gasteiger partial charge in [0.05, 0.1) is 0 Å². The third-order valence-electron chi connectivity index (χ3n) is 2.10. The maximum absolute atomic E-state index is 3.50. The molecule has 1 rings (SSSR count). The molecule has 56 valence electrons. The molecule has 1 unspecified atom stereocenters. The Bertz CT molecular complexity index is 166. The fraction of sp³-hybridized carbons (Fsp3) is 0.556. The van der Waals surface area contributed by atoms with Crippen LogP contribution in [0.4, 0.5) is 0 Å². The molecule has 0 saturated carbocycles. The van der Waals surface area contributed by atoms with Gasteiger partial charge in [-0.1, -0.05) is 54.1 Å². The van der Waals surface area contributed by atoms with Gasteiger partial charge in [-0.3, -0.25) is 0 Å². The molecule has 0 heterocycles. The van der Waals surface area contributed by atoms with Crippen LogP contribution in [0.5, 0.6) is 0 Å². The second-order valence-electron chi connectivity index (χ2n) is 3.33. The normalized spacial score (nSPS) is 28.9. The Labute approximate surface area is 71.1 Å². The van der Waals surface area contributed by atoms with E-state index in [2.05, 4.69) is 54.1 Å². The van der Waals surface area contributed by atoms with E-state index in [1.807, 2.05) is 0 Å². The third-order valence-corrected chi connectivity index (χ3v) is 2.80. The molecule has 0 aromatic carbocycles. The van der Waals surface area contributed by atoms with E-state index in [1.165, 1.54) is 0 Å². The molecule has 0 fully saturated rings. The van der Waals surface area contributed by atoms with Gasteiger partial charge in [-0.15, -0.1) is 0 Å². The molecular formula is C9H13Br. The number of halogens is 1. The first-order chi connectivity index (χ1) is 4.67. The van der Waals surface area contributed by atoms with Crippen LogP contribution in [0, 0.1) is 11.3 Å². The zero-order valence-electron chi connectivity index (χ0n) is 6.47. The van der Waals surface area contributed by atoms with Gasteiger partial charge >= 0.3 is 0 Å². The van der Waals surface area contributed by atoms with Crippen LogP contribution in [0.3, 0.4) is 0 Å². The van der Waals surface area contributed by atoms with Crippen LogP contribution >= 0.6 is 15.9 Å². The SMILES string of the molecule is CC1(C)C=CC=CC1CBr. The second-order valence-corrected chi connectivity index (χ2v) is 3.97. The Balaban J connectivity index is 2.74. The van der Waals surface area contributed by atoms with Gasteiger partial charge in [0.1, 0.15) is 0 Å². The number of allylic oxidation sites excluding steroid dienone is 4. The monoisotopic (exact) mass is 200 g/mol. The minimum atomic E-state index is 0.332. The molecule has 0 amide bonds. The third kappa shape index (κ3) is 1.51. The van der Waals surface area contributed by atoms with Crippen LogP contribution in [0.2, 0.25) is 0 Å². The summed E-state index contributed by atoms with van der Waals surface area (Å²) in [5.41, 5.74) is 0.332. The van der Waals surface area contributed by atoms with E-state index in [0.29, 0.717) is 11.3 Å². The molecule has 0 spiro atoms. The van der Waals surface area contributed by atoms with Crippen molar-refractivity contribution in [2.75, 3.05) is 5.33 Å². The summed E-state index contributed by atoms with van der Waals surface area (Å²) >= 11 is 3.50. The van der Waals surface area contributed by atoms with Gasteiger partial charge in [-0.25, -0.2) is 0 Å². The van der Waals surface area contributed by atoms with Crippen molar-refractivity contribution < 1.29 is 0 Å². The highest BCUT2D eigenvalue weighted by Gasteiger charge is 2.24. The predicted molar refractivity (Wildman–Crippen MR) is 49.3 cm³/mol. The average molecular weight is 201 g/mol. The van der Waals surface area contributed by atoms with E-state index >= 15 is 0 Å². The Morgan fingerprint density at radius 2 is 2.10 bits per heavy atom. The second kappa shape index (κ2) is 2.91. The van der Waals surface area contributed by atoms with Gasteiger partial charge in [0.15, 0.2) is 0 Å². The van der Waals surface area contributed by atoms with Crippen molar-refractivity contribution in [3.05, 3.63) is 24.3 Å². The van der Waals surface area contributed by atoms with E-state index in [0.717, 1.165) is 5.33 Å². The zero-order valence-corrected chi connectivity index (χ0v) is 8.06. The van der Waals surface area contributed by atoms with E-state index in [9.17, 15) is 0 Å². The largest absolute Gasteiger partial charge is 0.0921 e. The molecular weight excluding hydrogens is 188 g/mol. The van der Waals surface area contributed by atoms with Gasteiger partial charge in [0.2, 0.25) is 0 Å². The van der Waals surface area contributed by atoms with Crippen molar-refractivity contribution in [1.82, 2.24) is 0 Å². The van der Waals surface area contributed by atoms with E-state index in [1.54, 1.807) is 0 Å². The van der Waals surface area contributed by atoms with Crippen molar-refractivity contribution in [3.8, 4) is 0 Å². The van der Waals surface area contributed by atoms with Crippen LogP contribution in [0.1, 0.15) is 13.8 Å². The van der Waals surface area contributed by atoms with Gasteiger partial charge in [-0.05, 0) is 11.3 Å². The molecule has 1 aliphatic carbocycles. The molecule has 1 atom stereocenters. The Morgan fingerprint density at radius 1 is 1.40 bits per heavy atom. The Kier molecular flexibility index (Phi) is 2.35. The maximum Gasteiger partial charge on any atom is 0.0103 e. The summed E-state index contributed by atoms with van der Waals surface area (Å²) in [4.78, 5) is 0. The first-order valence-corrected chi connectivity index (χ1v) is 4.71. The molecule has 1 aliphatic rings. The zero-order chi connectivity index (χ0) is 7.61. The summed E-state index contributed by atoms with van der Waals surface area (Å²) in [6.07, 6.45) is 8.77. The van der Waals surface area contributed by atoms with Crippen molar-refractivity contribution >= 4 is 15.9 Å². The summed E-state index contributed by atoms with van der Waals surface area (Å²) in [7, 11) is 0. The lowest BCUT2D eigenvalue weighted by Gasteiger charge is -2.29. The van der Waals surface area contributed by atoms with Gasteiger partial charge in [0.25, 0.3) is 0 Å². The highest BCUT2D eigenvalue weighted by molar-refractivity contribution is 9.09. The summed E-state index contributed by atoms with van der Waals surface area (Å²) in [6.45, 7) is 4.53. The molecule has 0 aromatic rings. The summed E-state index contributed by atoms with van der Waals surface area (Å²) < 4.78 is 0. The van der Waals surface area contributed by atoms with Crippen LogP contribution in [0.15, 0.2) is 24.3 Å². The number of alkyl halides is 1. The molecule has 0 N–H and O–H groups in total. The van der Waals surface area contributed by atoms with E-state index < -0.39 is 0 Å². The lowest BCUT2D eigenvalue weighted by molar-refractivity contribution is 0.371. The molecule has 1 heteroatoms. The van der Waals surface area contributed by atoms with Gasteiger partial charge in [0, 0.05) is 5.33 Å². The Hall–Kier alpha value is -0.0400. The molecule has 0 radical (unpaired) electrons. The molecule has 0 bridgehead atoms. The fourth-order valence-electron chi connectivity index (χ4n) is 1.12. The van der Waals surface area contributed by atoms with Gasteiger partial charge < -0.3 is 0 Å². The summed E-state index contributed by atoms with van der Waals surface area (Å²) in [5.74, 6) is 0.650. The summed E-state index contributed by atoms with van der Waals surface area (Å²) in [6, 6.07) is 0. The highest BCUT2D eigenvalue weighted by atomic mass is 79.9. The van der Waals surface area contributed by atoms with Crippen LogP contribution in [-0.2, 0) is 0 Å². The highest BCUT2D eigenvalue weighted by Crippen LogP contribution is 2.33. The first-order valence-electron chi connectivity index (χ1n) is 3.59.